The van der Waals surface area contributed by atoms with E-state index in [1.807, 2.05) is 26.1 Å². The summed E-state index contributed by atoms with van der Waals surface area (Å²) in [7, 11) is 0. The molecule has 0 aliphatic heterocycles. The van der Waals surface area contributed by atoms with Crippen molar-refractivity contribution in [1.29, 1.82) is 0 Å². The van der Waals surface area contributed by atoms with E-state index in [-0.39, 0.29) is 0 Å². The fourth-order valence-corrected chi connectivity index (χ4v) is 0.567. The van der Waals surface area contributed by atoms with Crippen LogP contribution in [-0.4, -0.2) is 5.71 Å². The minimum atomic E-state index is 0.834. The minimum absolute atomic E-state index is 0.834. The molecule has 0 aliphatic carbocycles. The Morgan fingerprint density at radius 2 is 2.00 bits per heavy atom. The normalized spacial score (nSPS) is 10.5. The van der Waals surface area contributed by atoms with E-state index in [9.17, 15) is 0 Å². The van der Waals surface area contributed by atoms with E-state index in [1.165, 1.54) is 0 Å². The summed E-state index contributed by atoms with van der Waals surface area (Å²) < 4.78 is 0. The molecule has 0 aromatic rings. The number of nitrogens with zero attached hydrogens (tertiary/aromatic N) is 1. The Balaban J connectivity index is 4.22. The van der Waals surface area contributed by atoms with Crippen molar-refractivity contribution in [2.75, 3.05) is 0 Å². The lowest BCUT2D eigenvalue weighted by Gasteiger charge is -1.92. The van der Waals surface area contributed by atoms with Crippen molar-refractivity contribution in [2.24, 2.45) is 4.99 Å². The maximum atomic E-state index is 4.15. The van der Waals surface area contributed by atoms with E-state index in [4.69, 9.17) is 0 Å². The third-order valence-electron chi connectivity index (χ3n) is 1.13. The molecule has 0 atom stereocenters. The van der Waals surface area contributed by atoms with Crippen molar-refractivity contribution < 1.29 is 0 Å². The number of hydrogen-bond donors (Lipinski definition) is 0. The van der Waals surface area contributed by atoms with Crippen LogP contribution in [0, 0.1) is 0 Å². The van der Waals surface area contributed by atoms with E-state index < -0.39 is 0 Å². The number of aliphatic imine (C=N–C) groups is 1. The van der Waals surface area contributed by atoms with Crippen LogP contribution >= 0.6 is 0 Å². The second-order valence-electron chi connectivity index (χ2n) is 2.48. The second-order valence-corrected chi connectivity index (χ2v) is 2.48. The zero-order chi connectivity index (χ0) is 8.69. The maximum Gasteiger partial charge on any atom is 0.0301 e. The molecule has 0 fully saturated rings. The van der Waals surface area contributed by atoms with Gasteiger partial charge in [0.15, 0.2) is 0 Å². The van der Waals surface area contributed by atoms with Crippen LogP contribution in [0.15, 0.2) is 42.1 Å². The third-order valence-corrected chi connectivity index (χ3v) is 1.13. The van der Waals surface area contributed by atoms with Gasteiger partial charge in [-0.25, -0.2) is 0 Å². The SMILES string of the molecule is C=CC/C(C=C)=C/N=C(C)C. The van der Waals surface area contributed by atoms with E-state index in [0.29, 0.717) is 0 Å². The fraction of sp³-hybridized carbons (Fsp3) is 0.300. The summed E-state index contributed by atoms with van der Waals surface area (Å²) in [5.41, 5.74) is 2.15. The molecule has 0 N–H and O–H groups in total. The van der Waals surface area contributed by atoms with Gasteiger partial charge in [-0.3, -0.25) is 4.99 Å². The minimum Gasteiger partial charge on any atom is -0.266 e. The average molecular weight is 149 g/mol. The largest absolute Gasteiger partial charge is 0.266 e. The van der Waals surface area contributed by atoms with Gasteiger partial charge in [0.1, 0.15) is 0 Å². The summed E-state index contributed by atoms with van der Waals surface area (Å²) in [6.45, 7) is 11.2. The molecule has 0 bridgehead atoms. The lowest BCUT2D eigenvalue weighted by molar-refractivity contribution is 1.26. The molecule has 1 nitrogen and oxygen atoms in total. The molecule has 0 aromatic carbocycles. The molecule has 60 valence electrons. The topological polar surface area (TPSA) is 12.4 Å². The standard InChI is InChI=1S/C10H15N/c1-5-7-10(6-2)8-11-9(3)4/h5-6,8H,1-2,7H2,3-4H3/b10-8+. The molecule has 0 heterocycles. The van der Waals surface area contributed by atoms with Crippen LogP contribution in [0.1, 0.15) is 20.3 Å². The highest BCUT2D eigenvalue weighted by Gasteiger charge is 1.84. The van der Waals surface area contributed by atoms with E-state index in [1.54, 1.807) is 6.08 Å². The Morgan fingerprint density at radius 3 is 2.36 bits per heavy atom. The van der Waals surface area contributed by atoms with Crippen LogP contribution in [0.3, 0.4) is 0 Å². The van der Waals surface area contributed by atoms with Crippen molar-refractivity contribution in [1.82, 2.24) is 0 Å². The van der Waals surface area contributed by atoms with Gasteiger partial charge in [-0.2, -0.15) is 0 Å². The Kier molecular flexibility index (Phi) is 5.09. The summed E-state index contributed by atoms with van der Waals surface area (Å²) >= 11 is 0. The lowest BCUT2D eigenvalue weighted by atomic mass is 10.2. The Morgan fingerprint density at radius 1 is 1.36 bits per heavy atom. The van der Waals surface area contributed by atoms with Gasteiger partial charge >= 0.3 is 0 Å². The quantitative estimate of drug-likeness (QED) is 0.331. The van der Waals surface area contributed by atoms with Crippen molar-refractivity contribution >= 4 is 5.71 Å². The van der Waals surface area contributed by atoms with E-state index >= 15 is 0 Å². The Bertz CT molecular complexity index is 193. The first-order valence-corrected chi connectivity index (χ1v) is 3.64. The van der Waals surface area contributed by atoms with Crippen LogP contribution in [-0.2, 0) is 0 Å². The number of hydrogen-bond acceptors (Lipinski definition) is 1. The van der Waals surface area contributed by atoms with Gasteiger partial charge in [0.2, 0.25) is 0 Å². The van der Waals surface area contributed by atoms with Gasteiger partial charge in [0.25, 0.3) is 0 Å². The molecule has 0 saturated carbocycles. The Hall–Kier alpha value is -1.11. The Labute approximate surface area is 68.9 Å². The molecule has 11 heavy (non-hydrogen) atoms. The first-order valence-electron chi connectivity index (χ1n) is 3.64. The van der Waals surface area contributed by atoms with Crippen LogP contribution in [0.5, 0.6) is 0 Å². The molecule has 0 radical (unpaired) electrons. The van der Waals surface area contributed by atoms with Crippen LogP contribution < -0.4 is 0 Å². The van der Waals surface area contributed by atoms with Gasteiger partial charge in [0, 0.05) is 11.9 Å². The molecule has 0 spiro atoms. The first kappa shape index (κ1) is 9.89. The zero-order valence-electron chi connectivity index (χ0n) is 7.30. The monoisotopic (exact) mass is 149 g/mol. The highest BCUT2D eigenvalue weighted by atomic mass is 14.7. The van der Waals surface area contributed by atoms with E-state index in [0.717, 1.165) is 17.7 Å². The van der Waals surface area contributed by atoms with Crippen molar-refractivity contribution in [3.05, 3.63) is 37.1 Å². The highest BCUT2D eigenvalue weighted by Crippen LogP contribution is 2.02. The van der Waals surface area contributed by atoms with Crippen LogP contribution in [0.2, 0.25) is 0 Å². The van der Waals surface area contributed by atoms with Gasteiger partial charge in [-0.05, 0) is 25.8 Å². The van der Waals surface area contributed by atoms with Crippen molar-refractivity contribution in [3.63, 3.8) is 0 Å². The summed E-state index contributed by atoms with van der Waals surface area (Å²) in [6.07, 6.45) is 6.30. The highest BCUT2D eigenvalue weighted by molar-refractivity contribution is 5.79. The maximum absolute atomic E-state index is 4.15. The molecule has 0 unspecified atom stereocenters. The molecule has 0 aromatic heterocycles. The molecule has 0 saturated heterocycles. The van der Waals surface area contributed by atoms with Crippen molar-refractivity contribution in [2.45, 2.75) is 20.3 Å². The predicted octanol–water partition coefficient (Wildman–Crippen LogP) is 3.11. The summed E-state index contributed by atoms with van der Waals surface area (Å²) in [6, 6.07) is 0. The first-order chi connectivity index (χ1) is 5.20. The summed E-state index contributed by atoms with van der Waals surface area (Å²) in [5.74, 6) is 0. The number of allylic oxidation sites excluding steroid dienone is 3. The molecule has 0 amide bonds. The molecule has 0 aliphatic rings. The number of rotatable bonds is 4. The molecular weight excluding hydrogens is 134 g/mol. The summed E-state index contributed by atoms with van der Waals surface area (Å²) in [4.78, 5) is 4.15. The van der Waals surface area contributed by atoms with Crippen LogP contribution in [0.4, 0.5) is 0 Å². The van der Waals surface area contributed by atoms with Gasteiger partial charge < -0.3 is 0 Å². The van der Waals surface area contributed by atoms with Gasteiger partial charge in [-0.1, -0.05) is 18.7 Å². The lowest BCUT2D eigenvalue weighted by Crippen LogP contribution is -1.78. The molecule has 0 rings (SSSR count). The second kappa shape index (κ2) is 5.66. The van der Waals surface area contributed by atoms with Gasteiger partial charge in [0.05, 0.1) is 0 Å². The zero-order valence-corrected chi connectivity index (χ0v) is 7.30. The predicted molar refractivity (Wildman–Crippen MR) is 51.9 cm³/mol. The smallest absolute Gasteiger partial charge is 0.0301 e. The van der Waals surface area contributed by atoms with E-state index in [2.05, 4.69) is 18.2 Å². The van der Waals surface area contributed by atoms with Crippen molar-refractivity contribution in [3.8, 4) is 0 Å². The fourth-order valence-electron chi connectivity index (χ4n) is 0.567. The summed E-state index contributed by atoms with van der Waals surface area (Å²) in [5, 5.41) is 0. The third kappa shape index (κ3) is 5.34. The van der Waals surface area contributed by atoms with Gasteiger partial charge in [-0.15, -0.1) is 6.58 Å². The van der Waals surface area contributed by atoms with Crippen LogP contribution in [0.25, 0.3) is 0 Å². The average Bonchev–Trinajstić information content (AvgIpc) is 1.97. The molecule has 1 heteroatoms. The molecular formula is C10H15N.